The molecule has 4 bridgehead atoms. The van der Waals surface area contributed by atoms with Gasteiger partial charge in [0.25, 0.3) is 0 Å². The average Bonchev–Trinajstić information content (AvgIpc) is 3.65. The monoisotopic (exact) mass is 1130 g/mol. The Morgan fingerprint density at radius 3 is 1.22 bits per heavy atom. The smallest absolute Gasteiger partial charge is 0.132 e. The van der Waals surface area contributed by atoms with E-state index in [4.69, 9.17) is 14.7 Å². The van der Waals surface area contributed by atoms with E-state index in [1.165, 1.54) is 84.9 Å². The van der Waals surface area contributed by atoms with Gasteiger partial charge in [0.1, 0.15) is 35.7 Å². The third kappa shape index (κ3) is 10.7. The molecule has 6 saturated heterocycles. The lowest BCUT2D eigenvalue weighted by atomic mass is 9.70. The van der Waals surface area contributed by atoms with Crippen molar-refractivity contribution in [3.05, 3.63) is 179 Å². The maximum atomic E-state index is 12.2. The summed E-state index contributed by atoms with van der Waals surface area (Å²) in [7, 11) is 0. The first-order valence-corrected chi connectivity index (χ1v) is 32.6. The zero-order valence-corrected chi connectivity index (χ0v) is 50.2. The standard InChI is InChI=1S/C74H86N8O3/c1-53-75-65-23-9-11-25-69(65)81(53)61-49-57-31-32-58(50-61)79(57)45-39-73(55-17-5-3-6-18-55)35-41-77(42-36-73)67-27-13-29-71(63(67)21-15-47-83)85-72-30-14-28-68(64(72)22-16-48-84)78-43-37-74(38-44-78,56-19-7-4-8-20-56)40-46-80-59-33-34-60(80)52-62(51-59)82-54(2)76-66-24-10-12-26-70(66)82/h3-14,17-20,23-30,47-48,57-62H,15-16,21-22,31-46,49-52H2,1-2H3/t57-,58+,59-,60+,61?,62?. The number of rotatable bonds is 20. The zero-order valence-electron chi connectivity index (χ0n) is 50.2. The molecule has 85 heavy (non-hydrogen) atoms. The summed E-state index contributed by atoms with van der Waals surface area (Å²) in [6.45, 7) is 10.3. The molecule has 0 amide bonds. The number of hydrogen-bond acceptors (Lipinski definition) is 9. The van der Waals surface area contributed by atoms with Crippen molar-refractivity contribution in [1.29, 1.82) is 0 Å². The number of imidazole rings is 2. The normalized spacial score (nSPS) is 23.9. The van der Waals surface area contributed by atoms with Crippen LogP contribution in [0.1, 0.15) is 149 Å². The summed E-state index contributed by atoms with van der Waals surface area (Å²) in [6, 6.07) is 56.5. The number of aryl methyl sites for hydroxylation is 2. The zero-order chi connectivity index (χ0) is 57.5. The lowest BCUT2D eigenvalue weighted by molar-refractivity contribution is -0.108. The number of ether oxygens (including phenoxy) is 1. The van der Waals surface area contributed by atoms with E-state index in [9.17, 15) is 9.59 Å². The van der Waals surface area contributed by atoms with Crippen LogP contribution in [0.3, 0.4) is 0 Å². The maximum absolute atomic E-state index is 12.2. The molecule has 2 unspecified atom stereocenters. The third-order valence-electron chi connectivity index (χ3n) is 22.0. The molecule has 0 radical (unpaired) electrons. The Labute approximate surface area is 503 Å². The van der Waals surface area contributed by atoms with Crippen LogP contribution in [-0.2, 0) is 33.3 Å². The fourth-order valence-corrected chi connectivity index (χ4v) is 17.8. The molecular formula is C74H86N8O3. The van der Waals surface area contributed by atoms with Crippen LogP contribution >= 0.6 is 0 Å². The highest BCUT2D eigenvalue weighted by atomic mass is 16.5. The number of anilines is 2. The summed E-state index contributed by atoms with van der Waals surface area (Å²) in [4.78, 5) is 45.4. The molecule has 6 fully saturated rings. The summed E-state index contributed by atoms with van der Waals surface area (Å²) in [5.74, 6) is 3.89. The van der Waals surface area contributed by atoms with Gasteiger partial charge in [0.05, 0.1) is 22.1 Å². The Morgan fingerprint density at radius 1 is 0.459 bits per heavy atom. The van der Waals surface area contributed by atoms with Gasteiger partial charge in [-0.05, 0) is 200 Å². The third-order valence-corrected chi connectivity index (χ3v) is 22.0. The van der Waals surface area contributed by atoms with Crippen LogP contribution in [0.2, 0.25) is 0 Å². The van der Waals surface area contributed by atoms with Crippen LogP contribution in [-0.4, -0.2) is 105 Å². The Bertz CT molecular complexity index is 3370. The van der Waals surface area contributed by atoms with Gasteiger partial charge in [0, 0.05) is 97.8 Å². The lowest BCUT2D eigenvalue weighted by Crippen LogP contribution is -2.48. The molecule has 8 aromatic rings. The fraction of sp³-hybridized carbons (Fsp3) is 0.459. The molecular weight excluding hydrogens is 1050 g/mol. The van der Waals surface area contributed by atoms with Gasteiger partial charge in [-0.15, -0.1) is 0 Å². The van der Waals surface area contributed by atoms with Crippen molar-refractivity contribution in [3.8, 4) is 11.5 Å². The fourth-order valence-electron chi connectivity index (χ4n) is 17.8. The van der Waals surface area contributed by atoms with Crippen LogP contribution in [0.5, 0.6) is 11.5 Å². The molecule has 8 heterocycles. The summed E-state index contributed by atoms with van der Waals surface area (Å²) < 4.78 is 12.3. The highest BCUT2D eigenvalue weighted by Gasteiger charge is 2.46. The van der Waals surface area contributed by atoms with Gasteiger partial charge in [-0.2, -0.15) is 0 Å². The maximum Gasteiger partial charge on any atom is 0.132 e. The van der Waals surface area contributed by atoms with Crippen LogP contribution in [0.25, 0.3) is 22.1 Å². The molecule has 11 nitrogen and oxygen atoms in total. The minimum atomic E-state index is 0.0691. The number of para-hydroxylation sites is 4. The molecule has 6 atom stereocenters. The highest BCUT2D eigenvalue weighted by Crippen LogP contribution is 2.49. The van der Waals surface area contributed by atoms with Crippen molar-refractivity contribution in [3.63, 3.8) is 0 Å². The summed E-state index contributed by atoms with van der Waals surface area (Å²) in [5.41, 5.74) is 12.4. The Morgan fingerprint density at radius 2 is 0.835 bits per heavy atom. The molecule has 440 valence electrons. The van der Waals surface area contributed by atoms with E-state index in [0.29, 0.717) is 61.9 Å². The summed E-state index contributed by atoms with van der Waals surface area (Å²) in [5, 5.41) is 0. The van der Waals surface area contributed by atoms with E-state index >= 15 is 0 Å². The molecule has 11 heteroatoms. The minimum absolute atomic E-state index is 0.0691. The van der Waals surface area contributed by atoms with E-state index in [1.807, 2.05) is 0 Å². The first-order valence-electron chi connectivity index (χ1n) is 32.6. The second-order valence-corrected chi connectivity index (χ2v) is 26.3. The van der Waals surface area contributed by atoms with E-state index in [-0.39, 0.29) is 10.8 Å². The van der Waals surface area contributed by atoms with Gasteiger partial charge in [-0.1, -0.05) is 97.1 Å². The largest absolute Gasteiger partial charge is 0.457 e. The van der Waals surface area contributed by atoms with Gasteiger partial charge in [0.2, 0.25) is 0 Å². The molecule has 6 aromatic carbocycles. The van der Waals surface area contributed by atoms with E-state index in [2.05, 4.69) is 188 Å². The molecule has 14 rings (SSSR count). The van der Waals surface area contributed by atoms with Gasteiger partial charge >= 0.3 is 0 Å². The summed E-state index contributed by atoms with van der Waals surface area (Å²) in [6.07, 6.45) is 20.6. The Hall–Kier alpha value is -7.08. The summed E-state index contributed by atoms with van der Waals surface area (Å²) >= 11 is 0. The Kier molecular flexibility index (Phi) is 15.7. The number of carbonyl (C=O) groups excluding carboxylic acids is 2. The quantitative estimate of drug-likeness (QED) is 0.0692. The number of aldehydes is 2. The minimum Gasteiger partial charge on any atom is -0.457 e. The van der Waals surface area contributed by atoms with Crippen molar-refractivity contribution in [2.75, 3.05) is 49.1 Å². The van der Waals surface area contributed by atoms with Crippen molar-refractivity contribution in [2.45, 2.75) is 177 Å². The molecule has 6 aliphatic rings. The molecule has 0 aliphatic carbocycles. The second kappa shape index (κ2) is 24.0. The molecule has 2 aromatic heterocycles. The second-order valence-electron chi connectivity index (χ2n) is 26.3. The first-order chi connectivity index (χ1) is 41.8. The molecule has 0 N–H and O–H groups in total. The van der Waals surface area contributed by atoms with Crippen LogP contribution in [0.4, 0.5) is 11.4 Å². The average molecular weight is 1140 g/mol. The first kappa shape index (κ1) is 55.8. The van der Waals surface area contributed by atoms with Crippen LogP contribution in [0.15, 0.2) is 146 Å². The topological polar surface area (TPSA) is 92.0 Å². The van der Waals surface area contributed by atoms with Gasteiger partial charge in [-0.3, -0.25) is 9.80 Å². The van der Waals surface area contributed by atoms with Crippen molar-refractivity contribution in [2.24, 2.45) is 0 Å². The Balaban J connectivity index is 0.670. The van der Waals surface area contributed by atoms with E-state index in [0.717, 1.165) is 136 Å². The number of benzene rings is 6. The number of aromatic nitrogens is 4. The lowest BCUT2D eigenvalue weighted by Gasteiger charge is -2.46. The van der Waals surface area contributed by atoms with Crippen molar-refractivity contribution >= 4 is 46.0 Å². The van der Waals surface area contributed by atoms with E-state index < -0.39 is 0 Å². The van der Waals surface area contributed by atoms with Crippen LogP contribution in [0, 0.1) is 13.8 Å². The van der Waals surface area contributed by atoms with Gasteiger partial charge in [0.15, 0.2) is 0 Å². The number of piperidine rings is 4. The van der Waals surface area contributed by atoms with Crippen molar-refractivity contribution in [1.82, 2.24) is 28.9 Å². The number of fused-ring (bicyclic) bond motifs is 6. The van der Waals surface area contributed by atoms with Crippen molar-refractivity contribution < 1.29 is 14.3 Å². The molecule has 0 spiro atoms. The van der Waals surface area contributed by atoms with E-state index in [1.54, 1.807) is 0 Å². The van der Waals surface area contributed by atoms with Crippen LogP contribution < -0.4 is 14.5 Å². The number of carbonyl (C=O) groups is 2. The SMILES string of the molecule is Cc1nc2ccccc2n1C1C[C@H]2CC[C@@H](C1)N2CCC1(c2ccccc2)CCN(c2cccc(Oc3cccc(N4CCC(CCN5[C@@H]6CC[C@H]5CC(n5c(C)nc7ccccc75)C6)(c5ccccc5)CC4)c3CCC=O)c2CCC=O)CC1. The molecule has 6 aliphatic heterocycles. The van der Waals surface area contributed by atoms with Gasteiger partial charge < -0.3 is 33.3 Å². The number of hydrogen-bond donors (Lipinski definition) is 0. The van der Waals surface area contributed by atoms with Gasteiger partial charge in [-0.25, -0.2) is 9.97 Å². The predicted octanol–water partition coefficient (Wildman–Crippen LogP) is 14.7. The molecule has 0 saturated carbocycles. The number of nitrogens with zero attached hydrogens (tertiary/aromatic N) is 8. The highest BCUT2D eigenvalue weighted by molar-refractivity contribution is 5.77. The predicted molar refractivity (Wildman–Crippen MR) is 343 cm³/mol.